The SMILES string of the molecule is Cc1nonc1C(=O)NN=Cc1cccc(Br)c1. The number of halogens is 1. The Morgan fingerprint density at radius 1 is 1.50 bits per heavy atom. The summed E-state index contributed by atoms with van der Waals surface area (Å²) in [5.41, 5.74) is 3.76. The van der Waals surface area contributed by atoms with E-state index in [1.54, 1.807) is 6.92 Å². The molecule has 0 unspecified atom stereocenters. The molecule has 0 radical (unpaired) electrons. The molecule has 0 saturated heterocycles. The summed E-state index contributed by atoms with van der Waals surface area (Å²) in [7, 11) is 0. The minimum Gasteiger partial charge on any atom is -0.265 e. The van der Waals surface area contributed by atoms with Crippen LogP contribution in [0.3, 0.4) is 0 Å². The molecular weight excluding hydrogens is 300 g/mol. The standard InChI is InChI=1S/C11H9BrN4O2/c1-7-10(16-18-15-7)11(17)14-13-6-8-3-2-4-9(12)5-8/h2-6H,1H3,(H,14,17). The second-order valence-corrected chi connectivity index (χ2v) is 4.37. The number of nitrogens with one attached hydrogen (secondary N) is 1. The Morgan fingerprint density at radius 3 is 3.00 bits per heavy atom. The number of benzene rings is 1. The van der Waals surface area contributed by atoms with Gasteiger partial charge in [0.2, 0.25) is 0 Å². The van der Waals surface area contributed by atoms with Gasteiger partial charge in [-0.2, -0.15) is 5.10 Å². The zero-order valence-electron chi connectivity index (χ0n) is 9.42. The number of aromatic nitrogens is 2. The molecular formula is C11H9BrN4O2. The topological polar surface area (TPSA) is 80.4 Å². The van der Waals surface area contributed by atoms with Crippen molar-refractivity contribution in [3.8, 4) is 0 Å². The summed E-state index contributed by atoms with van der Waals surface area (Å²) in [5.74, 6) is -0.458. The molecule has 18 heavy (non-hydrogen) atoms. The van der Waals surface area contributed by atoms with E-state index in [9.17, 15) is 4.79 Å². The number of carbonyl (C=O) groups is 1. The molecule has 0 fully saturated rings. The van der Waals surface area contributed by atoms with Crippen molar-refractivity contribution >= 4 is 28.1 Å². The molecule has 92 valence electrons. The van der Waals surface area contributed by atoms with E-state index in [0.717, 1.165) is 10.0 Å². The van der Waals surface area contributed by atoms with E-state index in [2.05, 4.69) is 41.4 Å². The summed E-state index contributed by atoms with van der Waals surface area (Å²) >= 11 is 3.34. The van der Waals surface area contributed by atoms with Gasteiger partial charge in [-0.3, -0.25) is 4.79 Å². The van der Waals surface area contributed by atoms with Crippen LogP contribution in [0.4, 0.5) is 0 Å². The molecule has 1 aromatic heterocycles. The van der Waals surface area contributed by atoms with Gasteiger partial charge in [-0.05, 0) is 29.8 Å². The Morgan fingerprint density at radius 2 is 2.33 bits per heavy atom. The summed E-state index contributed by atoms with van der Waals surface area (Å²) < 4.78 is 5.37. The third kappa shape index (κ3) is 3.01. The van der Waals surface area contributed by atoms with Gasteiger partial charge in [0.15, 0.2) is 5.69 Å². The van der Waals surface area contributed by atoms with Crippen molar-refractivity contribution in [1.29, 1.82) is 0 Å². The molecule has 0 saturated carbocycles. The van der Waals surface area contributed by atoms with Crippen LogP contribution in [0.15, 0.2) is 38.5 Å². The van der Waals surface area contributed by atoms with Gasteiger partial charge in [-0.25, -0.2) is 10.1 Å². The maximum atomic E-state index is 11.6. The summed E-state index contributed by atoms with van der Waals surface area (Å²) in [5, 5.41) is 10.8. The predicted molar refractivity (Wildman–Crippen MR) is 68.2 cm³/mol. The van der Waals surface area contributed by atoms with Crippen LogP contribution in [0.1, 0.15) is 21.7 Å². The second kappa shape index (κ2) is 5.54. The highest BCUT2D eigenvalue weighted by Gasteiger charge is 2.13. The van der Waals surface area contributed by atoms with Gasteiger partial charge in [0.25, 0.3) is 5.91 Å². The van der Waals surface area contributed by atoms with Crippen molar-refractivity contribution in [1.82, 2.24) is 15.7 Å². The van der Waals surface area contributed by atoms with Gasteiger partial charge < -0.3 is 0 Å². The number of hydrogen-bond acceptors (Lipinski definition) is 5. The molecule has 0 aliphatic rings. The first kappa shape index (κ1) is 12.4. The van der Waals surface area contributed by atoms with Crippen molar-refractivity contribution in [2.75, 3.05) is 0 Å². The molecule has 0 aliphatic carbocycles. The molecule has 0 bridgehead atoms. The number of hydrogen-bond donors (Lipinski definition) is 1. The number of amides is 1. The Labute approximate surface area is 111 Å². The average Bonchev–Trinajstić information content (AvgIpc) is 2.75. The molecule has 1 N–H and O–H groups in total. The van der Waals surface area contributed by atoms with Crippen LogP contribution < -0.4 is 5.43 Å². The van der Waals surface area contributed by atoms with Gasteiger partial charge in [0, 0.05) is 4.47 Å². The molecule has 1 amide bonds. The van der Waals surface area contributed by atoms with Crippen LogP contribution in [0.5, 0.6) is 0 Å². The Kier molecular flexibility index (Phi) is 3.83. The lowest BCUT2D eigenvalue weighted by Crippen LogP contribution is -2.19. The number of hydrazone groups is 1. The van der Waals surface area contributed by atoms with E-state index < -0.39 is 5.91 Å². The third-order valence-electron chi connectivity index (χ3n) is 2.10. The number of rotatable bonds is 3. The maximum absolute atomic E-state index is 11.6. The smallest absolute Gasteiger partial charge is 0.265 e. The fraction of sp³-hybridized carbons (Fsp3) is 0.0909. The number of carbonyl (C=O) groups excluding carboxylic acids is 1. The molecule has 0 atom stereocenters. The van der Waals surface area contributed by atoms with E-state index >= 15 is 0 Å². The van der Waals surface area contributed by atoms with E-state index in [-0.39, 0.29) is 5.69 Å². The average molecular weight is 309 g/mol. The second-order valence-electron chi connectivity index (χ2n) is 3.45. The predicted octanol–water partition coefficient (Wildman–Crippen LogP) is 1.90. The normalized spacial score (nSPS) is 10.8. The van der Waals surface area contributed by atoms with E-state index in [4.69, 9.17) is 0 Å². The van der Waals surface area contributed by atoms with Crippen LogP contribution in [-0.4, -0.2) is 22.4 Å². The molecule has 1 heterocycles. The van der Waals surface area contributed by atoms with Crippen molar-refractivity contribution in [2.24, 2.45) is 5.10 Å². The molecule has 7 heteroatoms. The quantitative estimate of drug-likeness (QED) is 0.693. The zero-order chi connectivity index (χ0) is 13.0. The molecule has 2 aromatic rings. The molecule has 6 nitrogen and oxygen atoms in total. The summed E-state index contributed by atoms with van der Waals surface area (Å²) in [4.78, 5) is 11.6. The summed E-state index contributed by atoms with van der Waals surface area (Å²) in [6.45, 7) is 1.63. The number of aryl methyl sites for hydroxylation is 1. The Hall–Kier alpha value is -2.02. The highest BCUT2D eigenvalue weighted by molar-refractivity contribution is 9.10. The summed E-state index contributed by atoms with van der Waals surface area (Å²) in [6, 6.07) is 7.52. The van der Waals surface area contributed by atoms with Crippen LogP contribution >= 0.6 is 15.9 Å². The maximum Gasteiger partial charge on any atom is 0.295 e. The van der Waals surface area contributed by atoms with Crippen molar-refractivity contribution < 1.29 is 9.42 Å². The lowest BCUT2D eigenvalue weighted by molar-refractivity contribution is 0.0945. The van der Waals surface area contributed by atoms with Crippen LogP contribution in [-0.2, 0) is 0 Å². The van der Waals surface area contributed by atoms with Crippen LogP contribution in [0.25, 0.3) is 0 Å². The lowest BCUT2D eigenvalue weighted by Gasteiger charge is -1.96. The minimum atomic E-state index is -0.458. The first-order chi connectivity index (χ1) is 8.66. The largest absolute Gasteiger partial charge is 0.295 e. The van der Waals surface area contributed by atoms with Gasteiger partial charge >= 0.3 is 0 Å². The van der Waals surface area contributed by atoms with Crippen molar-refractivity contribution in [3.63, 3.8) is 0 Å². The number of nitrogens with zero attached hydrogens (tertiary/aromatic N) is 3. The van der Waals surface area contributed by atoms with Gasteiger partial charge in [-0.15, -0.1) is 0 Å². The third-order valence-corrected chi connectivity index (χ3v) is 2.59. The van der Waals surface area contributed by atoms with Gasteiger partial charge in [0.05, 0.1) is 6.21 Å². The highest BCUT2D eigenvalue weighted by Crippen LogP contribution is 2.09. The van der Waals surface area contributed by atoms with Crippen molar-refractivity contribution in [2.45, 2.75) is 6.92 Å². The van der Waals surface area contributed by atoms with E-state index in [1.807, 2.05) is 24.3 Å². The fourth-order valence-electron chi connectivity index (χ4n) is 1.24. The van der Waals surface area contributed by atoms with E-state index in [1.165, 1.54) is 6.21 Å². The Bertz CT molecular complexity index is 594. The molecule has 2 rings (SSSR count). The lowest BCUT2D eigenvalue weighted by atomic mass is 10.2. The molecule has 0 spiro atoms. The summed E-state index contributed by atoms with van der Waals surface area (Å²) in [6.07, 6.45) is 1.53. The van der Waals surface area contributed by atoms with E-state index in [0.29, 0.717) is 5.69 Å². The van der Waals surface area contributed by atoms with Crippen LogP contribution in [0.2, 0.25) is 0 Å². The fourth-order valence-corrected chi connectivity index (χ4v) is 1.66. The van der Waals surface area contributed by atoms with Gasteiger partial charge in [0.1, 0.15) is 5.69 Å². The first-order valence-electron chi connectivity index (χ1n) is 5.05. The van der Waals surface area contributed by atoms with Gasteiger partial charge in [-0.1, -0.05) is 33.2 Å². The Balaban J connectivity index is 2.00. The molecule has 0 aliphatic heterocycles. The first-order valence-corrected chi connectivity index (χ1v) is 5.84. The monoisotopic (exact) mass is 308 g/mol. The minimum absolute atomic E-state index is 0.126. The van der Waals surface area contributed by atoms with Crippen molar-refractivity contribution in [3.05, 3.63) is 45.7 Å². The highest BCUT2D eigenvalue weighted by atomic mass is 79.9. The zero-order valence-corrected chi connectivity index (χ0v) is 11.0. The van der Waals surface area contributed by atoms with Crippen LogP contribution in [0, 0.1) is 6.92 Å². The molecule has 1 aromatic carbocycles.